The Kier molecular flexibility index (Phi) is 5.36. The number of rotatable bonds is 5. The molecule has 0 atom stereocenters. The highest BCUT2D eigenvalue weighted by Crippen LogP contribution is 2.30. The van der Waals surface area contributed by atoms with Crippen LogP contribution in [0.1, 0.15) is 30.2 Å². The van der Waals surface area contributed by atoms with Gasteiger partial charge in [-0.15, -0.1) is 13.2 Å². The number of alkyl halides is 3. The lowest BCUT2D eigenvalue weighted by Gasteiger charge is -2.30. The molecule has 0 aliphatic carbocycles. The van der Waals surface area contributed by atoms with Gasteiger partial charge in [0.1, 0.15) is 5.75 Å². The molecule has 1 aromatic carbocycles. The highest BCUT2D eigenvalue weighted by atomic mass is 32.1. The van der Waals surface area contributed by atoms with Crippen LogP contribution in [0.4, 0.5) is 13.2 Å². The average molecular weight is 409 g/mol. The second kappa shape index (κ2) is 7.92. The average Bonchev–Trinajstić information content (AvgIpc) is 3.34. The van der Waals surface area contributed by atoms with Crippen molar-refractivity contribution in [1.29, 1.82) is 0 Å². The molecule has 0 bridgehead atoms. The van der Waals surface area contributed by atoms with Crippen LogP contribution < -0.4 is 4.74 Å². The molecule has 3 aromatic rings. The molecule has 2 aromatic heterocycles. The number of benzene rings is 1. The molecule has 5 nitrogen and oxygen atoms in total. The second-order valence-corrected chi connectivity index (χ2v) is 7.49. The molecule has 148 valence electrons. The maximum Gasteiger partial charge on any atom is 0.573 e. The monoisotopic (exact) mass is 409 g/mol. The summed E-state index contributed by atoms with van der Waals surface area (Å²) in [7, 11) is 0. The first-order valence-corrected chi connectivity index (χ1v) is 9.84. The number of aromatic nitrogens is 2. The Morgan fingerprint density at radius 2 is 1.89 bits per heavy atom. The van der Waals surface area contributed by atoms with Gasteiger partial charge in [0, 0.05) is 23.4 Å². The van der Waals surface area contributed by atoms with Gasteiger partial charge in [-0.25, -0.2) is 0 Å². The quantitative estimate of drug-likeness (QED) is 0.588. The van der Waals surface area contributed by atoms with E-state index in [4.69, 9.17) is 4.52 Å². The van der Waals surface area contributed by atoms with Crippen LogP contribution in [0.15, 0.2) is 45.6 Å². The molecule has 0 radical (unpaired) electrons. The van der Waals surface area contributed by atoms with Crippen LogP contribution in [0.3, 0.4) is 0 Å². The van der Waals surface area contributed by atoms with Crippen molar-refractivity contribution in [1.82, 2.24) is 15.0 Å². The van der Waals surface area contributed by atoms with E-state index >= 15 is 0 Å². The van der Waals surface area contributed by atoms with Crippen LogP contribution in [0, 0.1) is 0 Å². The highest BCUT2D eigenvalue weighted by Gasteiger charge is 2.31. The van der Waals surface area contributed by atoms with Gasteiger partial charge in [0.25, 0.3) is 0 Å². The van der Waals surface area contributed by atoms with Crippen LogP contribution >= 0.6 is 11.3 Å². The molecule has 1 fully saturated rings. The van der Waals surface area contributed by atoms with Crippen LogP contribution in [0.2, 0.25) is 0 Å². The van der Waals surface area contributed by atoms with Crippen LogP contribution in [0.25, 0.3) is 11.4 Å². The maximum absolute atomic E-state index is 12.2. The summed E-state index contributed by atoms with van der Waals surface area (Å²) in [6.07, 6.45) is -2.86. The number of hydrogen-bond donors (Lipinski definition) is 0. The number of piperidine rings is 1. The minimum atomic E-state index is -4.67. The zero-order chi connectivity index (χ0) is 19.6. The topological polar surface area (TPSA) is 51.4 Å². The van der Waals surface area contributed by atoms with Gasteiger partial charge in [-0.1, -0.05) is 17.3 Å². The van der Waals surface area contributed by atoms with Crippen LogP contribution in [-0.4, -0.2) is 34.5 Å². The highest BCUT2D eigenvalue weighted by molar-refractivity contribution is 7.08. The first kappa shape index (κ1) is 18.9. The molecular weight excluding hydrogens is 391 g/mol. The lowest BCUT2D eigenvalue weighted by atomic mass is 9.96. The number of hydrogen-bond acceptors (Lipinski definition) is 6. The molecule has 0 unspecified atom stereocenters. The number of nitrogens with zero attached hydrogens (tertiary/aromatic N) is 3. The van der Waals surface area contributed by atoms with E-state index in [2.05, 4.69) is 19.8 Å². The summed E-state index contributed by atoms with van der Waals surface area (Å²) in [6.45, 7) is 2.41. The van der Waals surface area contributed by atoms with Gasteiger partial charge in [-0.05, 0) is 55.1 Å². The van der Waals surface area contributed by atoms with Crippen LogP contribution in [-0.2, 0) is 6.54 Å². The Morgan fingerprint density at radius 1 is 1.14 bits per heavy atom. The van der Waals surface area contributed by atoms with Gasteiger partial charge in [-0.2, -0.15) is 16.3 Å². The molecule has 0 amide bonds. The largest absolute Gasteiger partial charge is 0.573 e. The summed E-state index contributed by atoms with van der Waals surface area (Å²) in [5, 5.41) is 8.04. The van der Waals surface area contributed by atoms with E-state index in [0.717, 1.165) is 37.1 Å². The number of halogens is 3. The summed E-state index contributed by atoms with van der Waals surface area (Å²) in [5.74, 6) is 1.33. The fraction of sp³-hybridized carbons (Fsp3) is 0.368. The van der Waals surface area contributed by atoms with Gasteiger partial charge >= 0.3 is 6.36 Å². The molecule has 4 rings (SSSR count). The fourth-order valence-electron chi connectivity index (χ4n) is 3.30. The SMILES string of the molecule is FC(F)(F)Oc1ccc(CN2CCC(c3nc(-c4ccsc4)no3)CC2)cc1. The van der Waals surface area contributed by atoms with E-state index in [1.165, 1.54) is 12.1 Å². The Bertz CT molecular complexity index is 886. The van der Waals surface area contributed by atoms with E-state index in [0.29, 0.717) is 18.3 Å². The second-order valence-electron chi connectivity index (χ2n) is 6.71. The predicted octanol–water partition coefficient (Wildman–Crippen LogP) is 5.08. The van der Waals surface area contributed by atoms with Gasteiger partial charge < -0.3 is 9.26 Å². The molecule has 0 N–H and O–H groups in total. The summed E-state index contributed by atoms with van der Waals surface area (Å²) in [5.41, 5.74) is 1.92. The Morgan fingerprint density at radius 3 is 2.54 bits per heavy atom. The molecule has 1 saturated heterocycles. The lowest BCUT2D eigenvalue weighted by Crippen LogP contribution is -2.32. The van der Waals surface area contributed by atoms with Gasteiger partial charge in [-0.3, -0.25) is 4.90 Å². The van der Waals surface area contributed by atoms with Crippen molar-refractivity contribution in [3.8, 4) is 17.1 Å². The number of likely N-dealkylation sites (tertiary alicyclic amines) is 1. The molecule has 0 saturated carbocycles. The molecule has 1 aliphatic rings. The normalized spacial score (nSPS) is 16.4. The van der Waals surface area contributed by atoms with Crippen molar-refractivity contribution >= 4 is 11.3 Å². The minimum absolute atomic E-state index is 0.201. The predicted molar refractivity (Wildman–Crippen MR) is 98.0 cm³/mol. The summed E-state index contributed by atoms with van der Waals surface area (Å²) in [4.78, 5) is 6.80. The smallest absolute Gasteiger partial charge is 0.406 e. The van der Waals surface area contributed by atoms with Crippen molar-refractivity contribution in [2.24, 2.45) is 0 Å². The zero-order valence-electron chi connectivity index (χ0n) is 14.9. The fourth-order valence-corrected chi connectivity index (χ4v) is 3.94. The molecule has 3 heterocycles. The summed E-state index contributed by atoms with van der Waals surface area (Å²) in [6, 6.07) is 7.99. The van der Waals surface area contributed by atoms with Crippen molar-refractivity contribution < 1.29 is 22.4 Å². The summed E-state index contributed by atoms with van der Waals surface area (Å²) < 4.78 is 46.0. The third-order valence-electron chi connectivity index (χ3n) is 4.72. The Hall–Kier alpha value is -2.39. The van der Waals surface area contributed by atoms with Crippen molar-refractivity contribution in [2.45, 2.75) is 31.7 Å². The van der Waals surface area contributed by atoms with Gasteiger partial charge in [0.15, 0.2) is 0 Å². The zero-order valence-corrected chi connectivity index (χ0v) is 15.7. The van der Waals surface area contributed by atoms with Gasteiger partial charge in [0.2, 0.25) is 11.7 Å². The van der Waals surface area contributed by atoms with E-state index in [1.54, 1.807) is 23.5 Å². The number of thiophene rings is 1. The Labute approximate surface area is 163 Å². The summed E-state index contributed by atoms with van der Waals surface area (Å²) >= 11 is 1.59. The molecular formula is C19H18F3N3O2S. The van der Waals surface area contributed by atoms with Crippen molar-refractivity contribution in [2.75, 3.05) is 13.1 Å². The van der Waals surface area contributed by atoms with E-state index in [-0.39, 0.29) is 11.7 Å². The molecule has 28 heavy (non-hydrogen) atoms. The van der Waals surface area contributed by atoms with Gasteiger partial charge in [0.05, 0.1) is 0 Å². The lowest BCUT2D eigenvalue weighted by molar-refractivity contribution is -0.274. The van der Waals surface area contributed by atoms with E-state index < -0.39 is 6.36 Å². The maximum atomic E-state index is 12.2. The van der Waals surface area contributed by atoms with E-state index in [1.807, 2.05) is 16.8 Å². The standard InChI is InChI=1S/C19H18F3N3O2S/c20-19(21,22)26-16-3-1-13(2-4-16)11-25-8-5-14(6-9-25)18-23-17(24-27-18)15-7-10-28-12-15/h1-4,7,10,12,14H,5-6,8-9,11H2. The number of ether oxygens (including phenoxy) is 1. The van der Waals surface area contributed by atoms with Crippen LogP contribution in [0.5, 0.6) is 5.75 Å². The molecule has 1 aliphatic heterocycles. The third-order valence-corrected chi connectivity index (χ3v) is 5.40. The van der Waals surface area contributed by atoms with E-state index in [9.17, 15) is 13.2 Å². The minimum Gasteiger partial charge on any atom is -0.406 e. The third kappa shape index (κ3) is 4.71. The molecule has 0 spiro atoms. The van der Waals surface area contributed by atoms with Crippen molar-refractivity contribution in [3.05, 3.63) is 52.5 Å². The first-order chi connectivity index (χ1) is 13.5. The Balaban J connectivity index is 1.30. The van der Waals surface area contributed by atoms with Crippen molar-refractivity contribution in [3.63, 3.8) is 0 Å². The molecule has 9 heteroatoms. The first-order valence-electron chi connectivity index (χ1n) is 8.89.